The Kier molecular flexibility index (Phi) is 3.87. The van der Waals surface area contributed by atoms with Gasteiger partial charge in [-0.25, -0.2) is 0 Å². The average Bonchev–Trinajstić information content (AvgIpc) is 2.77. The van der Waals surface area contributed by atoms with Gasteiger partial charge in [0, 0.05) is 25.6 Å². The lowest BCUT2D eigenvalue weighted by atomic mass is 10.0. The predicted molar refractivity (Wildman–Crippen MR) is 91.3 cm³/mol. The molecule has 21 heavy (non-hydrogen) atoms. The van der Waals surface area contributed by atoms with Crippen LogP contribution in [0.25, 0.3) is 11.6 Å². The molecule has 2 aromatic rings. The van der Waals surface area contributed by atoms with Crippen molar-refractivity contribution in [1.82, 2.24) is 0 Å². The fraction of sp³-hybridized carbons (Fsp3) is 0.0625. The number of benzene rings is 2. The van der Waals surface area contributed by atoms with Gasteiger partial charge in [0.05, 0.1) is 12.8 Å². The summed E-state index contributed by atoms with van der Waals surface area (Å²) in [5, 5.41) is 2.88. The van der Waals surface area contributed by atoms with Crippen LogP contribution in [0.2, 0.25) is 0 Å². The summed E-state index contributed by atoms with van der Waals surface area (Å²) in [6.07, 6.45) is 1.85. The van der Waals surface area contributed by atoms with Crippen LogP contribution in [0.4, 0.5) is 5.69 Å². The van der Waals surface area contributed by atoms with Crippen LogP contribution in [-0.4, -0.2) is 13.0 Å². The predicted octanol–water partition coefficient (Wildman–Crippen LogP) is 4.71. The number of methoxy groups -OCH3 is 1. The normalized spacial score (nSPS) is 15.0. The van der Waals surface area contributed by atoms with Gasteiger partial charge < -0.3 is 10.1 Å². The Morgan fingerprint density at radius 1 is 1.19 bits per heavy atom. The van der Waals surface area contributed by atoms with Gasteiger partial charge in [0.25, 0.3) is 5.91 Å². The molecule has 0 radical (unpaired) electrons. The lowest BCUT2D eigenvalue weighted by Crippen LogP contribution is -2.04. The largest absolute Gasteiger partial charge is 0.496 e. The summed E-state index contributed by atoms with van der Waals surface area (Å²) in [6.45, 7) is 0. The fourth-order valence-electron chi connectivity index (χ4n) is 2.30. The number of hydrogen-bond donors (Lipinski definition) is 1. The van der Waals surface area contributed by atoms with Gasteiger partial charge in [-0.15, -0.1) is 0 Å². The maximum absolute atomic E-state index is 12.2. The van der Waals surface area contributed by atoms with Crippen LogP contribution in [0, 0.1) is 0 Å². The highest BCUT2D eigenvalue weighted by Gasteiger charge is 2.26. The summed E-state index contributed by atoms with van der Waals surface area (Å²) in [5.41, 5.74) is 3.15. The summed E-state index contributed by atoms with van der Waals surface area (Å²) in [7, 11) is 1.62. The minimum absolute atomic E-state index is 0.116. The molecule has 0 saturated carbocycles. The third-order valence-electron chi connectivity index (χ3n) is 3.27. The molecule has 0 saturated heterocycles. The number of amides is 1. The van der Waals surface area contributed by atoms with Gasteiger partial charge in [-0.05, 0) is 40.2 Å². The fourth-order valence-corrected chi connectivity index (χ4v) is 3.63. The van der Waals surface area contributed by atoms with E-state index in [0.29, 0.717) is 5.57 Å². The number of nitrogens with one attached hydrogen (secondary N) is 1. The number of hydrogen-bond acceptors (Lipinski definition) is 2. The molecular formula is C16H11Br2NO2. The molecule has 1 heterocycles. The standard InChI is InChI=1S/C16H11Br2NO2/c1-21-14-5-3-2-4-9(14)6-12-11-7-10(17)8-13(18)15(11)19-16(12)20/h2-8H,1H3,(H,19,20). The molecule has 106 valence electrons. The number of halogens is 2. The number of ether oxygens (including phenoxy) is 1. The second-order valence-corrected chi connectivity index (χ2v) is 6.33. The molecule has 1 aliphatic rings. The zero-order valence-electron chi connectivity index (χ0n) is 11.1. The Labute approximate surface area is 139 Å². The molecule has 3 rings (SSSR count). The van der Waals surface area contributed by atoms with E-state index in [1.54, 1.807) is 7.11 Å². The molecule has 0 aliphatic carbocycles. The van der Waals surface area contributed by atoms with E-state index in [2.05, 4.69) is 37.2 Å². The van der Waals surface area contributed by atoms with E-state index in [-0.39, 0.29) is 5.91 Å². The first kappa shape index (κ1) is 14.4. The minimum atomic E-state index is -0.116. The number of fused-ring (bicyclic) bond motifs is 1. The van der Waals surface area contributed by atoms with Gasteiger partial charge in [0.2, 0.25) is 0 Å². The maximum Gasteiger partial charge on any atom is 0.256 e. The SMILES string of the molecule is COc1ccccc1C=C1C(=O)Nc2c(Br)cc(Br)cc21. The van der Waals surface area contributed by atoms with Crippen molar-refractivity contribution in [2.75, 3.05) is 12.4 Å². The second-order valence-electron chi connectivity index (χ2n) is 4.56. The number of carbonyl (C=O) groups excluding carboxylic acids is 1. The third-order valence-corrected chi connectivity index (χ3v) is 4.35. The van der Waals surface area contributed by atoms with Crippen LogP contribution in [0.1, 0.15) is 11.1 Å². The van der Waals surface area contributed by atoms with Crippen LogP contribution < -0.4 is 10.1 Å². The molecule has 3 nitrogen and oxygen atoms in total. The van der Waals surface area contributed by atoms with Gasteiger partial charge >= 0.3 is 0 Å². The first-order chi connectivity index (χ1) is 10.1. The van der Waals surface area contributed by atoms with Crippen LogP contribution in [0.15, 0.2) is 45.3 Å². The minimum Gasteiger partial charge on any atom is -0.496 e. The lowest BCUT2D eigenvalue weighted by molar-refractivity contribution is -0.110. The number of anilines is 1. The molecule has 2 aromatic carbocycles. The molecule has 0 aromatic heterocycles. The number of carbonyl (C=O) groups is 1. The molecule has 0 fully saturated rings. The number of rotatable bonds is 2. The van der Waals surface area contributed by atoms with Crippen molar-refractivity contribution in [1.29, 1.82) is 0 Å². The highest BCUT2D eigenvalue weighted by Crippen LogP contribution is 2.41. The van der Waals surface area contributed by atoms with E-state index in [1.807, 2.05) is 42.5 Å². The molecule has 0 spiro atoms. The third kappa shape index (κ3) is 2.63. The zero-order valence-corrected chi connectivity index (χ0v) is 14.3. The molecule has 0 bridgehead atoms. The Morgan fingerprint density at radius 2 is 1.95 bits per heavy atom. The first-order valence-electron chi connectivity index (χ1n) is 6.25. The Hall–Kier alpha value is -1.59. The van der Waals surface area contributed by atoms with E-state index in [0.717, 1.165) is 31.5 Å². The Balaban J connectivity index is 2.17. The smallest absolute Gasteiger partial charge is 0.256 e. The van der Waals surface area contributed by atoms with E-state index in [9.17, 15) is 4.79 Å². The van der Waals surface area contributed by atoms with E-state index < -0.39 is 0 Å². The van der Waals surface area contributed by atoms with E-state index >= 15 is 0 Å². The lowest BCUT2D eigenvalue weighted by Gasteiger charge is -2.05. The van der Waals surface area contributed by atoms with Crippen molar-refractivity contribution >= 4 is 55.1 Å². The van der Waals surface area contributed by atoms with E-state index in [1.165, 1.54) is 0 Å². The molecule has 1 amide bonds. The van der Waals surface area contributed by atoms with Crippen molar-refractivity contribution in [3.05, 3.63) is 56.5 Å². The zero-order chi connectivity index (χ0) is 15.0. The van der Waals surface area contributed by atoms with Crippen LogP contribution in [-0.2, 0) is 4.79 Å². The molecule has 5 heteroatoms. The van der Waals surface area contributed by atoms with Crippen LogP contribution >= 0.6 is 31.9 Å². The Bertz CT molecular complexity index is 769. The Morgan fingerprint density at radius 3 is 2.71 bits per heavy atom. The quantitative estimate of drug-likeness (QED) is 0.730. The summed E-state index contributed by atoms with van der Waals surface area (Å²) in [4.78, 5) is 12.2. The van der Waals surface area contributed by atoms with Crippen molar-refractivity contribution in [3.8, 4) is 5.75 Å². The van der Waals surface area contributed by atoms with Crippen LogP contribution in [0.3, 0.4) is 0 Å². The average molecular weight is 409 g/mol. The molecule has 0 unspecified atom stereocenters. The van der Waals surface area contributed by atoms with Gasteiger partial charge in [-0.1, -0.05) is 34.1 Å². The summed E-state index contributed by atoms with van der Waals surface area (Å²) in [6, 6.07) is 11.4. The second kappa shape index (κ2) is 5.66. The summed E-state index contributed by atoms with van der Waals surface area (Å²) >= 11 is 6.93. The van der Waals surface area contributed by atoms with Gasteiger partial charge in [0.15, 0.2) is 0 Å². The number of para-hydroxylation sites is 1. The monoisotopic (exact) mass is 407 g/mol. The van der Waals surface area contributed by atoms with Gasteiger partial charge in [-0.3, -0.25) is 4.79 Å². The highest BCUT2D eigenvalue weighted by atomic mass is 79.9. The van der Waals surface area contributed by atoms with Gasteiger partial charge in [0.1, 0.15) is 5.75 Å². The molecule has 1 N–H and O–H groups in total. The van der Waals surface area contributed by atoms with Crippen molar-refractivity contribution < 1.29 is 9.53 Å². The molecular weight excluding hydrogens is 398 g/mol. The molecule has 0 atom stereocenters. The van der Waals surface area contributed by atoms with Gasteiger partial charge in [-0.2, -0.15) is 0 Å². The molecule has 1 aliphatic heterocycles. The van der Waals surface area contributed by atoms with Crippen LogP contribution in [0.5, 0.6) is 5.75 Å². The highest BCUT2D eigenvalue weighted by molar-refractivity contribution is 9.11. The van der Waals surface area contributed by atoms with Crippen molar-refractivity contribution in [2.24, 2.45) is 0 Å². The van der Waals surface area contributed by atoms with Crippen molar-refractivity contribution in [2.45, 2.75) is 0 Å². The van der Waals surface area contributed by atoms with E-state index in [4.69, 9.17) is 4.74 Å². The summed E-state index contributed by atoms with van der Waals surface area (Å²) < 4.78 is 7.09. The maximum atomic E-state index is 12.2. The van der Waals surface area contributed by atoms with Crippen molar-refractivity contribution in [3.63, 3.8) is 0 Å². The first-order valence-corrected chi connectivity index (χ1v) is 7.84. The topological polar surface area (TPSA) is 38.3 Å². The summed E-state index contributed by atoms with van der Waals surface area (Å²) in [5.74, 6) is 0.620.